The summed E-state index contributed by atoms with van der Waals surface area (Å²) in [5.74, 6) is 0.253. The van der Waals surface area contributed by atoms with Gasteiger partial charge in [-0.1, -0.05) is 6.07 Å². The highest BCUT2D eigenvalue weighted by molar-refractivity contribution is 6.10. The molecular weight excluding hydrogens is 361 g/mol. The second-order valence-electron chi connectivity index (χ2n) is 6.37. The van der Waals surface area contributed by atoms with E-state index in [1.54, 1.807) is 36.4 Å². The van der Waals surface area contributed by atoms with Gasteiger partial charge in [0.05, 0.1) is 19.3 Å². The minimum absolute atomic E-state index is 0.0340. The van der Waals surface area contributed by atoms with E-state index in [2.05, 4.69) is 15.6 Å². The van der Waals surface area contributed by atoms with E-state index in [4.69, 9.17) is 9.47 Å². The van der Waals surface area contributed by atoms with Crippen molar-refractivity contribution in [2.24, 2.45) is 4.99 Å². The van der Waals surface area contributed by atoms with Gasteiger partial charge in [0.2, 0.25) is 5.96 Å². The van der Waals surface area contributed by atoms with E-state index in [0.29, 0.717) is 30.2 Å². The number of rotatable bonds is 6. The fraction of sp³-hybridized carbons (Fsp3) is 0.333. The third kappa shape index (κ3) is 5.79. The molecule has 1 aliphatic heterocycles. The molecule has 1 saturated heterocycles. The summed E-state index contributed by atoms with van der Waals surface area (Å²) in [5.41, 5.74) is 0.965. The highest BCUT2D eigenvalue weighted by Gasteiger charge is 2.16. The minimum Gasteiger partial charge on any atom is -0.494 e. The lowest BCUT2D eigenvalue weighted by molar-refractivity contribution is 0.0975. The van der Waals surface area contributed by atoms with E-state index in [1.165, 1.54) is 12.1 Å². The number of halogens is 1. The van der Waals surface area contributed by atoms with Crippen LogP contribution in [0.1, 0.15) is 30.1 Å². The van der Waals surface area contributed by atoms with Crippen LogP contribution in [-0.4, -0.2) is 37.7 Å². The molecule has 1 unspecified atom stereocenters. The molecule has 0 bridgehead atoms. The SMILES string of the molecule is CCOc1ccc(C(=O)NC(=NCC2CCCO2)Nc2cccc(F)c2)cc1. The summed E-state index contributed by atoms with van der Waals surface area (Å²) in [6.07, 6.45) is 1.97. The van der Waals surface area contributed by atoms with Gasteiger partial charge in [0.15, 0.2) is 0 Å². The first-order valence-corrected chi connectivity index (χ1v) is 9.37. The van der Waals surface area contributed by atoms with Gasteiger partial charge in [-0.3, -0.25) is 10.1 Å². The van der Waals surface area contributed by atoms with Gasteiger partial charge >= 0.3 is 0 Å². The third-order valence-electron chi connectivity index (χ3n) is 4.22. The van der Waals surface area contributed by atoms with Crippen LogP contribution >= 0.6 is 0 Å². The van der Waals surface area contributed by atoms with Crippen molar-refractivity contribution in [3.8, 4) is 5.75 Å². The van der Waals surface area contributed by atoms with Gasteiger partial charge in [-0.2, -0.15) is 0 Å². The largest absolute Gasteiger partial charge is 0.494 e. The van der Waals surface area contributed by atoms with Crippen molar-refractivity contribution in [2.45, 2.75) is 25.9 Å². The fourth-order valence-corrected chi connectivity index (χ4v) is 2.84. The van der Waals surface area contributed by atoms with Crippen molar-refractivity contribution in [3.05, 3.63) is 59.9 Å². The predicted molar refractivity (Wildman–Crippen MR) is 106 cm³/mol. The smallest absolute Gasteiger partial charge is 0.257 e. The van der Waals surface area contributed by atoms with Crippen LogP contribution in [0.5, 0.6) is 5.75 Å². The van der Waals surface area contributed by atoms with Gasteiger partial charge in [0.25, 0.3) is 5.91 Å². The molecule has 1 amide bonds. The Morgan fingerprint density at radius 3 is 2.79 bits per heavy atom. The fourth-order valence-electron chi connectivity index (χ4n) is 2.84. The maximum atomic E-state index is 13.5. The monoisotopic (exact) mass is 385 g/mol. The maximum absolute atomic E-state index is 13.5. The molecule has 0 aliphatic carbocycles. The highest BCUT2D eigenvalue weighted by Crippen LogP contribution is 2.14. The van der Waals surface area contributed by atoms with Crippen LogP contribution in [0.3, 0.4) is 0 Å². The van der Waals surface area contributed by atoms with Crippen LogP contribution in [-0.2, 0) is 4.74 Å². The zero-order chi connectivity index (χ0) is 19.8. The number of hydrogen-bond donors (Lipinski definition) is 2. The van der Waals surface area contributed by atoms with Gasteiger partial charge in [0.1, 0.15) is 11.6 Å². The van der Waals surface area contributed by atoms with Gasteiger partial charge in [-0.05, 0) is 62.2 Å². The summed E-state index contributed by atoms with van der Waals surface area (Å²) in [4.78, 5) is 17.0. The molecule has 1 aliphatic rings. The Hall–Kier alpha value is -2.93. The molecule has 0 aromatic heterocycles. The normalized spacial score (nSPS) is 16.6. The molecule has 2 aromatic carbocycles. The minimum atomic E-state index is -0.374. The molecule has 2 N–H and O–H groups in total. The molecule has 1 atom stereocenters. The number of aliphatic imine (C=N–C) groups is 1. The number of benzene rings is 2. The topological polar surface area (TPSA) is 72.0 Å². The summed E-state index contributed by atoms with van der Waals surface area (Å²) >= 11 is 0. The summed E-state index contributed by atoms with van der Waals surface area (Å²) in [5, 5.41) is 5.73. The highest BCUT2D eigenvalue weighted by atomic mass is 19.1. The predicted octanol–water partition coefficient (Wildman–Crippen LogP) is 3.60. The van der Waals surface area contributed by atoms with Gasteiger partial charge in [-0.15, -0.1) is 0 Å². The lowest BCUT2D eigenvalue weighted by Gasteiger charge is -2.13. The lowest BCUT2D eigenvalue weighted by Crippen LogP contribution is -2.36. The molecule has 0 spiro atoms. The van der Waals surface area contributed by atoms with Crippen LogP contribution in [0, 0.1) is 5.82 Å². The average molecular weight is 385 g/mol. The van der Waals surface area contributed by atoms with Crippen LogP contribution < -0.4 is 15.4 Å². The first-order valence-electron chi connectivity index (χ1n) is 9.37. The molecule has 2 aromatic rings. The molecule has 28 heavy (non-hydrogen) atoms. The number of guanidine groups is 1. The number of amides is 1. The van der Waals surface area contributed by atoms with E-state index in [1.807, 2.05) is 6.92 Å². The van der Waals surface area contributed by atoms with E-state index in [0.717, 1.165) is 19.4 Å². The van der Waals surface area contributed by atoms with Gasteiger partial charge in [0, 0.05) is 17.9 Å². The van der Waals surface area contributed by atoms with Crippen molar-refractivity contribution < 1.29 is 18.7 Å². The zero-order valence-corrected chi connectivity index (χ0v) is 15.8. The molecule has 1 fully saturated rings. The second kappa shape index (κ2) is 9.85. The van der Waals surface area contributed by atoms with Crippen molar-refractivity contribution >= 4 is 17.6 Å². The van der Waals surface area contributed by atoms with Crippen LogP contribution in [0.25, 0.3) is 0 Å². The number of carbonyl (C=O) groups is 1. The third-order valence-corrected chi connectivity index (χ3v) is 4.22. The summed E-state index contributed by atoms with van der Waals surface area (Å²) in [6.45, 7) is 3.60. The number of ether oxygens (including phenoxy) is 2. The quantitative estimate of drug-likeness (QED) is 0.589. The summed E-state index contributed by atoms with van der Waals surface area (Å²) in [7, 11) is 0. The Bertz CT molecular complexity index is 818. The maximum Gasteiger partial charge on any atom is 0.257 e. The van der Waals surface area contributed by atoms with Crippen molar-refractivity contribution in [1.29, 1.82) is 0 Å². The zero-order valence-electron chi connectivity index (χ0n) is 15.8. The number of carbonyl (C=O) groups excluding carboxylic acids is 1. The average Bonchev–Trinajstić information content (AvgIpc) is 3.20. The number of hydrogen-bond acceptors (Lipinski definition) is 4. The Morgan fingerprint density at radius 2 is 2.11 bits per heavy atom. The molecule has 3 rings (SSSR count). The standard InChI is InChI=1S/C21H24FN3O3/c1-2-27-18-10-8-15(9-11-18)20(26)25-21(23-14-19-7-4-12-28-19)24-17-6-3-5-16(22)13-17/h3,5-6,8-11,13,19H,2,4,7,12,14H2,1H3,(H2,23,24,25,26). The molecule has 6 nitrogen and oxygen atoms in total. The second-order valence-corrected chi connectivity index (χ2v) is 6.37. The molecule has 0 radical (unpaired) electrons. The Morgan fingerprint density at radius 1 is 1.29 bits per heavy atom. The summed E-state index contributed by atoms with van der Waals surface area (Å²) in [6, 6.07) is 12.8. The number of anilines is 1. The summed E-state index contributed by atoms with van der Waals surface area (Å²) < 4.78 is 24.4. The van der Waals surface area contributed by atoms with Gasteiger partial charge < -0.3 is 14.8 Å². The molecule has 0 saturated carbocycles. The van der Waals surface area contributed by atoms with E-state index >= 15 is 0 Å². The Kier molecular flexibility index (Phi) is 6.97. The van der Waals surface area contributed by atoms with E-state index in [-0.39, 0.29) is 23.8 Å². The van der Waals surface area contributed by atoms with Crippen molar-refractivity contribution in [2.75, 3.05) is 25.1 Å². The molecule has 148 valence electrons. The van der Waals surface area contributed by atoms with E-state index in [9.17, 15) is 9.18 Å². The Labute approximate surface area is 163 Å². The number of nitrogens with one attached hydrogen (secondary N) is 2. The molecule has 7 heteroatoms. The lowest BCUT2D eigenvalue weighted by atomic mass is 10.2. The first-order chi connectivity index (χ1) is 13.6. The van der Waals surface area contributed by atoms with Crippen LogP contribution in [0.15, 0.2) is 53.5 Å². The van der Waals surface area contributed by atoms with Crippen LogP contribution in [0.4, 0.5) is 10.1 Å². The van der Waals surface area contributed by atoms with E-state index < -0.39 is 0 Å². The van der Waals surface area contributed by atoms with Gasteiger partial charge in [-0.25, -0.2) is 9.38 Å². The van der Waals surface area contributed by atoms with Crippen LogP contribution in [0.2, 0.25) is 0 Å². The molecular formula is C21H24FN3O3. The number of nitrogens with zero attached hydrogens (tertiary/aromatic N) is 1. The van der Waals surface area contributed by atoms with Crippen molar-refractivity contribution in [3.63, 3.8) is 0 Å². The Balaban J connectivity index is 1.71. The first kappa shape index (κ1) is 19.8. The van der Waals surface area contributed by atoms with Crippen molar-refractivity contribution in [1.82, 2.24) is 5.32 Å². The molecule has 1 heterocycles.